The van der Waals surface area contributed by atoms with Gasteiger partial charge in [0.1, 0.15) is 10.9 Å². The predicted molar refractivity (Wildman–Crippen MR) is 104 cm³/mol. The molecule has 10 nitrogen and oxygen atoms in total. The van der Waals surface area contributed by atoms with Crippen LogP contribution in [0.3, 0.4) is 0 Å². The summed E-state index contributed by atoms with van der Waals surface area (Å²) >= 11 is 0.973. The summed E-state index contributed by atoms with van der Waals surface area (Å²) in [6.45, 7) is 1.60. The number of hydrogen-bond donors (Lipinski definition) is 3. The third kappa shape index (κ3) is 4.74. The number of carbonyl (C=O) groups excluding carboxylic acids is 2. The first-order valence-electron chi connectivity index (χ1n) is 7.98. The van der Waals surface area contributed by atoms with Gasteiger partial charge in [-0.1, -0.05) is 11.8 Å². The van der Waals surface area contributed by atoms with Crippen LogP contribution in [0.25, 0.3) is 0 Å². The van der Waals surface area contributed by atoms with Gasteiger partial charge in [0.2, 0.25) is 0 Å². The molecular weight excluding hydrogens is 388 g/mol. The molecule has 0 radical (unpaired) electrons. The maximum Gasteiger partial charge on any atom is 0.318 e. The van der Waals surface area contributed by atoms with Crippen LogP contribution in [-0.2, 0) is 9.53 Å². The van der Waals surface area contributed by atoms with E-state index in [0.717, 1.165) is 11.8 Å². The SMILES string of the molecule is COC(=O)[C@@H](C)Sc1nc(N)c(NC(=O)c2ccc(OC)c(OC)c2)c(=O)[nH]1. The molecule has 0 unspecified atom stereocenters. The van der Waals surface area contributed by atoms with Gasteiger partial charge >= 0.3 is 5.97 Å². The zero-order valence-electron chi connectivity index (χ0n) is 15.7. The summed E-state index contributed by atoms with van der Waals surface area (Å²) in [6, 6.07) is 4.54. The van der Waals surface area contributed by atoms with Crippen LogP contribution in [0.4, 0.5) is 11.5 Å². The smallest absolute Gasteiger partial charge is 0.318 e. The molecule has 0 spiro atoms. The number of nitrogens with two attached hydrogens (primary N) is 1. The molecule has 4 N–H and O–H groups in total. The summed E-state index contributed by atoms with van der Waals surface area (Å²) in [6.07, 6.45) is 0. The maximum atomic E-state index is 12.5. The molecule has 1 amide bonds. The highest BCUT2D eigenvalue weighted by molar-refractivity contribution is 8.00. The van der Waals surface area contributed by atoms with Gasteiger partial charge in [0.15, 0.2) is 22.5 Å². The number of nitrogens with one attached hydrogen (secondary N) is 2. The van der Waals surface area contributed by atoms with E-state index in [4.69, 9.17) is 15.2 Å². The molecule has 0 saturated heterocycles. The van der Waals surface area contributed by atoms with Gasteiger partial charge in [0.05, 0.1) is 21.3 Å². The number of methoxy groups -OCH3 is 3. The Morgan fingerprint density at radius 3 is 2.46 bits per heavy atom. The minimum Gasteiger partial charge on any atom is -0.493 e. The number of amides is 1. The first kappa shape index (κ1) is 21.1. The second-order valence-corrected chi connectivity index (χ2v) is 6.77. The normalized spacial score (nSPS) is 11.4. The van der Waals surface area contributed by atoms with Crippen molar-refractivity contribution in [2.75, 3.05) is 32.4 Å². The molecule has 2 aromatic rings. The van der Waals surface area contributed by atoms with E-state index in [9.17, 15) is 14.4 Å². The Balaban J connectivity index is 2.23. The Morgan fingerprint density at radius 1 is 1.21 bits per heavy atom. The first-order chi connectivity index (χ1) is 13.3. The van der Waals surface area contributed by atoms with Gasteiger partial charge in [0, 0.05) is 5.56 Å². The topological polar surface area (TPSA) is 146 Å². The molecule has 28 heavy (non-hydrogen) atoms. The zero-order chi connectivity index (χ0) is 20.8. The van der Waals surface area contributed by atoms with Crippen LogP contribution in [0.1, 0.15) is 17.3 Å². The van der Waals surface area contributed by atoms with Crippen molar-refractivity contribution in [3.8, 4) is 11.5 Å². The number of nitrogen functional groups attached to an aromatic ring is 1. The van der Waals surface area contributed by atoms with Crippen LogP contribution in [0, 0.1) is 0 Å². The molecule has 0 aliphatic carbocycles. The van der Waals surface area contributed by atoms with E-state index in [-0.39, 0.29) is 22.2 Å². The van der Waals surface area contributed by atoms with E-state index in [1.54, 1.807) is 13.0 Å². The van der Waals surface area contributed by atoms with Crippen molar-refractivity contribution in [1.82, 2.24) is 9.97 Å². The number of nitrogens with zero attached hydrogens (tertiary/aromatic N) is 1. The van der Waals surface area contributed by atoms with Crippen LogP contribution in [-0.4, -0.2) is 48.4 Å². The summed E-state index contributed by atoms with van der Waals surface area (Å²) in [7, 11) is 4.18. The fourth-order valence-electron chi connectivity index (χ4n) is 2.19. The lowest BCUT2D eigenvalue weighted by molar-refractivity contribution is -0.139. The van der Waals surface area contributed by atoms with Gasteiger partial charge in [-0.2, -0.15) is 0 Å². The fourth-order valence-corrected chi connectivity index (χ4v) is 3.02. The minimum absolute atomic E-state index is 0.129. The quantitative estimate of drug-likeness (QED) is 0.350. The van der Waals surface area contributed by atoms with Gasteiger partial charge < -0.3 is 25.3 Å². The van der Waals surface area contributed by atoms with E-state index in [0.29, 0.717) is 11.5 Å². The highest BCUT2D eigenvalue weighted by atomic mass is 32.2. The summed E-state index contributed by atoms with van der Waals surface area (Å²) in [4.78, 5) is 42.7. The van der Waals surface area contributed by atoms with Gasteiger partial charge in [-0.25, -0.2) is 4.98 Å². The van der Waals surface area contributed by atoms with Crippen molar-refractivity contribution in [2.45, 2.75) is 17.3 Å². The van der Waals surface area contributed by atoms with Crippen molar-refractivity contribution < 1.29 is 23.8 Å². The second-order valence-electron chi connectivity index (χ2n) is 5.44. The number of thioether (sulfide) groups is 1. The largest absolute Gasteiger partial charge is 0.493 e. The van der Waals surface area contributed by atoms with Crippen LogP contribution in [0.5, 0.6) is 11.5 Å². The molecule has 1 aromatic carbocycles. The number of aromatic amines is 1. The third-order valence-corrected chi connectivity index (χ3v) is 4.59. The van der Waals surface area contributed by atoms with Crippen molar-refractivity contribution in [2.24, 2.45) is 0 Å². The summed E-state index contributed by atoms with van der Waals surface area (Å²) in [5.74, 6) is -0.421. The lowest BCUT2D eigenvalue weighted by atomic mass is 10.2. The Hall–Kier alpha value is -3.21. The molecule has 0 aliphatic heterocycles. The maximum absolute atomic E-state index is 12.5. The predicted octanol–water partition coefficient (Wildman–Crippen LogP) is 1.28. The lowest BCUT2D eigenvalue weighted by Gasteiger charge is -2.12. The standard InChI is InChI=1S/C17H20N4O6S/c1-8(16(24)27-4)28-17-20-13(18)12(15(23)21-17)19-14(22)9-5-6-10(25-2)11(7-9)26-3/h5-8H,1-4H3,(H,19,22)(H3,18,20,21,23)/t8-/m1/s1. The molecule has 11 heteroatoms. The van der Waals surface area contributed by atoms with E-state index >= 15 is 0 Å². The summed E-state index contributed by atoms with van der Waals surface area (Å²) in [5, 5.41) is 1.96. The number of H-pyrrole nitrogens is 1. The van der Waals surface area contributed by atoms with Crippen LogP contribution in [0.2, 0.25) is 0 Å². The molecular formula is C17H20N4O6S. The molecule has 1 atom stereocenters. The number of aromatic nitrogens is 2. The second kappa shape index (κ2) is 9.13. The van der Waals surface area contributed by atoms with E-state index < -0.39 is 22.7 Å². The van der Waals surface area contributed by atoms with Crippen LogP contribution >= 0.6 is 11.8 Å². The van der Waals surface area contributed by atoms with Crippen LogP contribution < -0.4 is 26.1 Å². The Bertz CT molecular complexity index is 946. The lowest BCUT2D eigenvalue weighted by Crippen LogP contribution is -2.24. The molecule has 2 rings (SSSR count). The first-order valence-corrected chi connectivity index (χ1v) is 8.86. The molecule has 0 saturated carbocycles. The van der Waals surface area contributed by atoms with Gasteiger partial charge in [-0.05, 0) is 25.1 Å². The average molecular weight is 408 g/mol. The number of rotatable bonds is 7. The van der Waals surface area contributed by atoms with E-state index in [2.05, 4.69) is 20.0 Å². The Labute approximate surface area is 164 Å². The molecule has 0 bridgehead atoms. The zero-order valence-corrected chi connectivity index (χ0v) is 16.5. The number of ether oxygens (including phenoxy) is 3. The molecule has 1 aromatic heterocycles. The van der Waals surface area contributed by atoms with Gasteiger partial charge in [0.25, 0.3) is 11.5 Å². The summed E-state index contributed by atoms with van der Waals surface area (Å²) < 4.78 is 14.9. The average Bonchev–Trinajstić information content (AvgIpc) is 2.69. The molecule has 0 fully saturated rings. The van der Waals surface area contributed by atoms with Crippen LogP contribution in [0.15, 0.2) is 28.2 Å². The number of esters is 1. The highest BCUT2D eigenvalue weighted by Crippen LogP contribution is 2.28. The monoisotopic (exact) mass is 408 g/mol. The van der Waals surface area contributed by atoms with Gasteiger partial charge in [-0.15, -0.1) is 0 Å². The Morgan fingerprint density at radius 2 is 1.89 bits per heavy atom. The fraction of sp³-hybridized carbons (Fsp3) is 0.294. The van der Waals surface area contributed by atoms with Crippen molar-refractivity contribution >= 4 is 35.1 Å². The van der Waals surface area contributed by atoms with E-state index in [1.165, 1.54) is 33.5 Å². The summed E-state index contributed by atoms with van der Waals surface area (Å²) in [5.41, 5.74) is 5.19. The molecule has 1 heterocycles. The van der Waals surface area contributed by atoms with Crippen molar-refractivity contribution in [3.05, 3.63) is 34.1 Å². The molecule has 0 aliphatic rings. The van der Waals surface area contributed by atoms with Gasteiger partial charge in [-0.3, -0.25) is 19.4 Å². The molecule has 150 valence electrons. The van der Waals surface area contributed by atoms with Crippen molar-refractivity contribution in [1.29, 1.82) is 0 Å². The highest BCUT2D eigenvalue weighted by Gasteiger charge is 2.19. The van der Waals surface area contributed by atoms with E-state index in [1.807, 2.05) is 0 Å². The number of benzene rings is 1. The third-order valence-electron chi connectivity index (χ3n) is 3.63. The minimum atomic E-state index is -0.652. The number of carbonyl (C=O) groups is 2. The number of hydrogen-bond acceptors (Lipinski definition) is 9. The van der Waals surface area contributed by atoms with Crippen molar-refractivity contribution in [3.63, 3.8) is 0 Å². The Kier molecular flexibility index (Phi) is 6.88. The number of anilines is 2.